The number of fused-ring (bicyclic) bond motifs is 1. The van der Waals surface area contributed by atoms with Gasteiger partial charge in [0.15, 0.2) is 5.69 Å². The van der Waals surface area contributed by atoms with Crippen LogP contribution in [0.2, 0.25) is 0 Å². The lowest BCUT2D eigenvalue weighted by Crippen LogP contribution is -2.38. The van der Waals surface area contributed by atoms with Crippen molar-refractivity contribution in [1.82, 2.24) is 14.3 Å². The van der Waals surface area contributed by atoms with Crippen LogP contribution in [-0.2, 0) is 30.6 Å². The first-order chi connectivity index (χ1) is 15.4. The van der Waals surface area contributed by atoms with Crippen LogP contribution in [0.1, 0.15) is 51.3 Å². The molecule has 0 amide bonds. The molecule has 1 N–H and O–H groups in total. The maximum Gasteiger partial charge on any atom is 0.433 e. The molecule has 178 valence electrons. The van der Waals surface area contributed by atoms with Crippen molar-refractivity contribution < 1.29 is 22.1 Å². The van der Waals surface area contributed by atoms with Crippen LogP contribution in [0, 0.1) is 11.2 Å². The molecule has 0 bridgehead atoms. The molecule has 0 saturated heterocycles. The minimum absolute atomic E-state index is 0.120. The third kappa shape index (κ3) is 5.20. The van der Waals surface area contributed by atoms with Gasteiger partial charge in [0.1, 0.15) is 11.1 Å². The fraction of sp³-hybridized carbons (Fsp3) is 0.458. The number of nitrogens with one attached hydrogen (secondary N) is 1. The Morgan fingerprint density at radius 1 is 1.18 bits per heavy atom. The number of alkyl halides is 3. The molecule has 0 spiro atoms. The number of rotatable bonds is 6. The second-order valence-corrected chi connectivity index (χ2v) is 11.3. The first-order valence-corrected chi connectivity index (χ1v) is 12.1. The Labute approximate surface area is 193 Å². The van der Waals surface area contributed by atoms with E-state index in [1.54, 1.807) is 0 Å². The Hall–Kier alpha value is -2.10. The zero-order chi connectivity index (χ0) is 24.0. The molecule has 2 heterocycles. The van der Waals surface area contributed by atoms with Crippen molar-refractivity contribution in [1.29, 1.82) is 0 Å². The lowest BCUT2D eigenvalue weighted by molar-refractivity contribution is -0.140. The predicted molar refractivity (Wildman–Crippen MR) is 122 cm³/mol. The predicted octanol–water partition coefficient (Wildman–Crippen LogP) is 6.21. The van der Waals surface area contributed by atoms with Crippen molar-refractivity contribution in [3.8, 4) is 11.1 Å². The summed E-state index contributed by atoms with van der Waals surface area (Å²) in [5.74, 6) is -0.754. The fourth-order valence-electron chi connectivity index (χ4n) is 4.07. The minimum atomic E-state index is -4.70. The van der Waals surface area contributed by atoms with E-state index in [-0.39, 0.29) is 28.3 Å². The van der Waals surface area contributed by atoms with Gasteiger partial charge in [-0.15, -0.1) is 4.72 Å². The van der Waals surface area contributed by atoms with E-state index < -0.39 is 29.0 Å². The monoisotopic (exact) mass is 481 g/mol. The van der Waals surface area contributed by atoms with Crippen molar-refractivity contribution in [2.45, 2.75) is 64.5 Å². The molecule has 4 nitrogen and oxygen atoms in total. The highest BCUT2D eigenvalue weighted by Gasteiger charge is 2.36. The van der Waals surface area contributed by atoms with Gasteiger partial charge in [-0.2, -0.15) is 13.2 Å². The summed E-state index contributed by atoms with van der Waals surface area (Å²) in [5.41, 5.74) is -0.285. The highest BCUT2D eigenvalue weighted by atomic mass is 32.2. The third-order valence-electron chi connectivity index (χ3n) is 5.82. The number of hydrogen-bond donors (Lipinski definition) is 1. The minimum Gasteiger partial charge on any atom is -0.598 e. The van der Waals surface area contributed by atoms with Gasteiger partial charge in [-0.25, -0.2) is 4.39 Å². The standard InChI is InChI=1S/C24H27F4N3OS/c1-23(2,3)14-31-13-15(12-30-33(32)16-6-4-7-16)18-10-20(25)19(11-21(18)31)17-8-5-9-29-22(17)24(26,27)28/h5,8-11,13,16,30H,4,6-7,12,14H2,1-3H3. The summed E-state index contributed by atoms with van der Waals surface area (Å²) in [6.45, 7) is 7.02. The quantitative estimate of drug-likeness (QED) is 0.336. The number of benzene rings is 1. The van der Waals surface area contributed by atoms with Gasteiger partial charge >= 0.3 is 6.18 Å². The molecule has 1 fully saturated rings. The average molecular weight is 482 g/mol. The molecular formula is C24H27F4N3OS. The lowest BCUT2D eigenvalue weighted by Gasteiger charge is -2.27. The van der Waals surface area contributed by atoms with Gasteiger partial charge in [-0.1, -0.05) is 26.8 Å². The SMILES string of the molecule is CC(C)(C)Cn1cc(CN[S+]([O-])C2CCC2)c2cc(F)c(-c3cccnc3C(F)(F)F)cc21. The van der Waals surface area contributed by atoms with Gasteiger partial charge in [-0.05, 0) is 48.4 Å². The molecule has 2 aromatic heterocycles. The fourth-order valence-corrected chi connectivity index (χ4v) is 5.37. The van der Waals surface area contributed by atoms with Crippen LogP contribution in [0.25, 0.3) is 22.0 Å². The summed E-state index contributed by atoms with van der Waals surface area (Å²) in [6.07, 6.45) is 1.15. The third-order valence-corrected chi connectivity index (χ3v) is 7.33. The van der Waals surface area contributed by atoms with E-state index in [0.717, 1.165) is 31.0 Å². The van der Waals surface area contributed by atoms with E-state index in [4.69, 9.17) is 0 Å². The number of aromatic nitrogens is 2. The Morgan fingerprint density at radius 2 is 1.91 bits per heavy atom. The molecule has 1 aromatic carbocycles. The van der Waals surface area contributed by atoms with Crippen LogP contribution in [0.15, 0.2) is 36.7 Å². The van der Waals surface area contributed by atoms with Crippen molar-refractivity contribution in [3.63, 3.8) is 0 Å². The summed E-state index contributed by atoms with van der Waals surface area (Å²) in [4.78, 5) is 3.47. The van der Waals surface area contributed by atoms with Crippen LogP contribution >= 0.6 is 0 Å². The van der Waals surface area contributed by atoms with Gasteiger partial charge in [0.25, 0.3) is 0 Å². The lowest BCUT2D eigenvalue weighted by atomic mass is 9.96. The average Bonchev–Trinajstić information content (AvgIpc) is 2.98. The molecule has 33 heavy (non-hydrogen) atoms. The molecule has 4 rings (SSSR count). The Morgan fingerprint density at radius 3 is 2.52 bits per heavy atom. The molecular weight excluding hydrogens is 454 g/mol. The van der Waals surface area contributed by atoms with Gasteiger partial charge in [0.2, 0.25) is 0 Å². The molecule has 1 saturated carbocycles. The Bertz CT molecular complexity index is 1150. The maximum atomic E-state index is 15.2. The van der Waals surface area contributed by atoms with Crippen LogP contribution in [0.3, 0.4) is 0 Å². The van der Waals surface area contributed by atoms with Gasteiger partial charge in [0.05, 0.1) is 6.54 Å². The van der Waals surface area contributed by atoms with Crippen LogP contribution in [0.4, 0.5) is 17.6 Å². The largest absolute Gasteiger partial charge is 0.598 e. The molecule has 9 heteroatoms. The van der Waals surface area contributed by atoms with Gasteiger partial charge in [-0.3, -0.25) is 4.98 Å². The first kappa shape index (κ1) is 24.0. The highest BCUT2D eigenvalue weighted by Crippen LogP contribution is 2.38. The number of nitrogens with zero attached hydrogens (tertiary/aromatic N) is 2. The van der Waals surface area contributed by atoms with E-state index in [9.17, 15) is 17.7 Å². The Balaban J connectivity index is 1.79. The van der Waals surface area contributed by atoms with E-state index >= 15 is 4.39 Å². The number of halogens is 4. The van der Waals surface area contributed by atoms with Crippen molar-refractivity contribution in [2.75, 3.05) is 0 Å². The smallest absolute Gasteiger partial charge is 0.433 e. The summed E-state index contributed by atoms with van der Waals surface area (Å²) < 4.78 is 73.2. The number of hydrogen-bond acceptors (Lipinski definition) is 3. The van der Waals surface area contributed by atoms with Crippen molar-refractivity contribution >= 4 is 22.3 Å². The zero-order valence-electron chi connectivity index (χ0n) is 18.8. The molecule has 1 unspecified atom stereocenters. The van der Waals surface area contributed by atoms with Crippen LogP contribution in [0.5, 0.6) is 0 Å². The summed E-state index contributed by atoms with van der Waals surface area (Å²) in [7, 11) is 0. The first-order valence-electron chi connectivity index (χ1n) is 10.9. The molecule has 1 aliphatic rings. The van der Waals surface area contributed by atoms with E-state index in [2.05, 4.69) is 30.5 Å². The highest BCUT2D eigenvalue weighted by molar-refractivity contribution is 7.90. The van der Waals surface area contributed by atoms with Crippen molar-refractivity contribution in [3.05, 3.63) is 53.7 Å². The van der Waals surface area contributed by atoms with Gasteiger partial charge in [0, 0.05) is 52.3 Å². The maximum absolute atomic E-state index is 15.2. The topological polar surface area (TPSA) is 52.9 Å². The normalized spacial score (nSPS) is 16.2. The Kier molecular flexibility index (Phi) is 6.50. The molecule has 0 aliphatic heterocycles. The molecule has 1 atom stereocenters. The summed E-state index contributed by atoms with van der Waals surface area (Å²) in [5, 5.41) is 0.735. The van der Waals surface area contributed by atoms with E-state index in [1.165, 1.54) is 24.3 Å². The van der Waals surface area contributed by atoms with E-state index in [0.29, 0.717) is 17.4 Å². The zero-order valence-corrected chi connectivity index (χ0v) is 19.6. The van der Waals surface area contributed by atoms with E-state index in [1.807, 2.05) is 10.8 Å². The van der Waals surface area contributed by atoms with Crippen molar-refractivity contribution in [2.24, 2.45) is 5.41 Å². The second kappa shape index (κ2) is 8.92. The molecule has 3 aromatic rings. The summed E-state index contributed by atoms with van der Waals surface area (Å²) >= 11 is -1.17. The van der Waals surface area contributed by atoms with Crippen LogP contribution < -0.4 is 4.72 Å². The number of pyridine rings is 1. The van der Waals surface area contributed by atoms with Gasteiger partial charge < -0.3 is 9.12 Å². The molecule has 1 aliphatic carbocycles. The summed E-state index contributed by atoms with van der Waals surface area (Å²) in [6, 6.07) is 5.35. The van der Waals surface area contributed by atoms with Crippen LogP contribution in [-0.4, -0.2) is 19.4 Å². The second-order valence-electron chi connectivity index (χ2n) is 9.76. The molecule has 0 radical (unpaired) electrons.